The van der Waals surface area contributed by atoms with Gasteiger partial charge in [-0.1, -0.05) is 25.4 Å². The summed E-state index contributed by atoms with van der Waals surface area (Å²) in [7, 11) is 0. The lowest BCUT2D eigenvalue weighted by Crippen LogP contribution is -2.53. The Kier molecular flexibility index (Phi) is 7.29. The number of ether oxygens (including phenoxy) is 1. The molecule has 1 heterocycles. The second-order valence-electron chi connectivity index (χ2n) is 7.53. The molecule has 0 saturated carbocycles. The minimum absolute atomic E-state index is 0.0265. The summed E-state index contributed by atoms with van der Waals surface area (Å²) in [6.45, 7) is 7.74. The third kappa shape index (κ3) is 5.16. The maximum absolute atomic E-state index is 12.9. The van der Waals surface area contributed by atoms with Crippen molar-refractivity contribution in [2.45, 2.75) is 58.7 Å². The standard InChI is InChI=1S/C20H27ClN2O5/c1-11(2)17(19(25)23-9-5-6-16(23)20(26)27)22-18(24)14-8-7-13(10-15(14)21)28-12(3)4/h7-8,10-12,16-17H,5-6,9H2,1-4H3,(H,22,24)(H,26,27)/t16-,17-/m0/s1. The number of carboxylic acids is 1. The summed E-state index contributed by atoms with van der Waals surface area (Å²) in [6.07, 6.45) is 1.02. The van der Waals surface area contributed by atoms with E-state index in [-0.39, 0.29) is 28.5 Å². The molecule has 1 aromatic rings. The molecule has 2 N–H and O–H groups in total. The SMILES string of the molecule is CC(C)Oc1ccc(C(=O)N[C@H](C(=O)N2CCC[C@H]2C(=O)O)C(C)C)c(Cl)c1. The number of amides is 2. The Bertz CT molecular complexity index is 750. The van der Waals surface area contributed by atoms with Crippen molar-refractivity contribution in [1.82, 2.24) is 10.2 Å². The van der Waals surface area contributed by atoms with Gasteiger partial charge >= 0.3 is 5.97 Å². The van der Waals surface area contributed by atoms with Gasteiger partial charge in [0.05, 0.1) is 16.7 Å². The van der Waals surface area contributed by atoms with Gasteiger partial charge in [0.15, 0.2) is 0 Å². The Morgan fingerprint density at radius 3 is 2.46 bits per heavy atom. The Labute approximate surface area is 170 Å². The molecule has 1 aliphatic heterocycles. The third-order valence-corrected chi connectivity index (χ3v) is 4.91. The summed E-state index contributed by atoms with van der Waals surface area (Å²) in [5.41, 5.74) is 0.229. The molecule has 7 nitrogen and oxygen atoms in total. The number of hydrogen-bond donors (Lipinski definition) is 2. The lowest BCUT2D eigenvalue weighted by atomic mass is 10.0. The monoisotopic (exact) mass is 410 g/mol. The van der Waals surface area contributed by atoms with E-state index >= 15 is 0 Å². The van der Waals surface area contributed by atoms with Crippen LogP contribution in [-0.4, -0.2) is 52.5 Å². The Morgan fingerprint density at radius 1 is 1.25 bits per heavy atom. The molecule has 2 rings (SSSR count). The van der Waals surface area contributed by atoms with E-state index in [0.29, 0.717) is 25.1 Å². The van der Waals surface area contributed by atoms with Gasteiger partial charge in [0.2, 0.25) is 5.91 Å². The van der Waals surface area contributed by atoms with Gasteiger partial charge in [-0.3, -0.25) is 9.59 Å². The maximum Gasteiger partial charge on any atom is 0.326 e. The second-order valence-corrected chi connectivity index (χ2v) is 7.94. The average Bonchev–Trinajstić information content (AvgIpc) is 3.08. The second kappa shape index (κ2) is 9.28. The van der Waals surface area contributed by atoms with E-state index in [2.05, 4.69) is 5.32 Å². The first-order valence-electron chi connectivity index (χ1n) is 9.42. The molecule has 1 saturated heterocycles. The van der Waals surface area contributed by atoms with Gasteiger partial charge in [-0.25, -0.2) is 4.79 Å². The number of carbonyl (C=O) groups is 3. The summed E-state index contributed by atoms with van der Waals surface area (Å²) in [5.74, 6) is -1.56. The molecule has 0 radical (unpaired) electrons. The highest BCUT2D eigenvalue weighted by atomic mass is 35.5. The zero-order chi connectivity index (χ0) is 21.0. The van der Waals surface area contributed by atoms with Crippen molar-refractivity contribution in [2.24, 2.45) is 5.92 Å². The van der Waals surface area contributed by atoms with Crippen LogP contribution in [0.5, 0.6) is 5.75 Å². The average molecular weight is 411 g/mol. The zero-order valence-electron chi connectivity index (χ0n) is 16.6. The highest BCUT2D eigenvalue weighted by Crippen LogP contribution is 2.25. The van der Waals surface area contributed by atoms with Crippen LogP contribution < -0.4 is 10.1 Å². The summed E-state index contributed by atoms with van der Waals surface area (Å²) >= 11 is 6.23. The first-order chi connectivity index (χ1) is 13.1. The van der Waals surface area contributed by atoms with E-state index in [1.165, 1.54) is 4.90 Å². The van der Waals surface area contributed by atoms with Gasteiger partial charge in [-0.2, -0.15) is 0 Å². The minimum atomic E-state index is -1.02. The molecular weight excluding hydrogens is 384 g/mol. The lowest BCUT2D eigenvalue weighted by Gasteiger charge is -2.29. The first-order valence-corrected chi connectivity index (χ1v) is 9.80. The summed E-state index contributed by atoms with van der Waals surface area (Å²) in [6, 6.07) is 3.07. The largest absolute Gasteiger partial charge is 0.491 e. The maximum atomic E-state index is 12.9. The van der Waals surface area contributed by atoms with Crippen molar-refractivity contribution in [3.8, 4) is 5.75 Å². The highest BCUT2D eigenvalue weighted by molar-refractivity contribution is 6.34. The van der Waals surface area contributed by atoms with E-state index in [4.69, 9.17) is 16.3 Å². The topological polar surface area (TPSA) is 95.9 Å². The Morgan fingerprint density at radius 2 is 1.93 bits per heavy atom. The number of nitrogens with one attached hydrogen (secondary N) is 1. The molecule has 0 unspecified atom stereocenters. The van der Waals surface area contributed by atoms with Gasteiger partial charge in [-0.05, 0) is 50.8 Å². The molecule has 2 amide bonds. The van der Waals surface area contributed by atoms with Gasteiger partial charge in [-0.15, -0.1) is 0 Å². The fraction of sp³-hybridized carbons (Fsp3) is 0.550. The normalized spacial score (nSPS) is 17.7. The van der Waals surface area contributed by atoms with Crippen LogP contribution in [0.25, 0.3) is 0 Å². The Hall–Kier alpha value is -2.28. The number of likely N-dealkylation sites (tertiary alicyclic amines) is 1. The quantitative estimate of drug-likeness (QED) is 0.720. The van der Waals surface area contributed by atoms with Crippen LogP contribution in [0.3, 0.4) is 0 Å². The molecule has 0 aromatic heterocycles. The van der Waals surface area contributed by atoms with Crippen molar-refractivity contribution < 1.29 is 24.2 Å². The fourth-order valence-electron chi connectivity index (χ4n) is 3.22. The number of benzene rings is 1. The number of rotatable bonds is 7. The van der Waals surface area contributed by atoms with E-state index < -0.39 is 24.0 Å². The van der Waals surface area contributed by atoms with Gasteiger partial charge in [0.25, 0.3) is 5.91 Å². The number of nitrogens with zero attached hydrogens (tertiary/aromatic N) is 1. The van der Waals surface area contributed by atoms with E-state index in [1.807, 2.05) is 13.8 Å². The summed E-state index contributed by atoms with van der Waals surface area (Å²) < 4.78 is 5.56. The van der Waals surface area contributed by atoms with E-state index in [9.17, 15) is 19.5 Å². The van der Waals surface area contributed by atoms with Crippen LogP contribution in [0, 0.1) is 5.92 Å². The predicted molar refractivity (Wildman–Crippen MR) is 106 cm³/mol. The molecular formula is C20H27ClN2O5. The molecule has 1 aromatic carbocycles. The molecule has 1 fully saturated rings. The number of carboxylic acid groups (broad SMARTS) is 1. The van der Waals surface area contributed by atoms with Crippen molar-refractivity contribution >= 4 is 29.4 Å². The van der Waals surface area contributed by atoms with Crippen LogP contribution >= 0.6 is 11.6 Å². The van der Waals surface area contributed by atoms with Gasteiger partial charge in [0.1, 0.15) is 17.8 Å². The molecule has 1 aliphatic rings. The molecule has 154 valence electrons. The van der Waals surface area contributed by atoms with Crippen LogP contribution in [0.15, 0.2) is 18.2 Å². The minimum Gasteiger partial charge on any atom is -0.491 e. The van der Waals surface area contributed by atoms with E-state index in [0.717, 1.165) is 0 Å². The van der Waals surface area contributed by atoms with Crippen LogP contribution in [0.4, 0.5) is 0 Å². The van der Waals surface area contributed by atoms with Crippen LogP contribution in [0.2, 0.25) is 5.02 Å². The molecule has 0 aliphatic carbocycles. The predicted octanol–water partition coefficient (Wildman–Crippen LogP) is 2.96. The lowest BCUT2D eigenvalue weighted by molar-refractivity contribution is -0.149. The van der Waals surface area contributed by atoms with E-state index in [1.54, 1.807) is 32.0 Å². The highest BCUT2D eigenvalue weighted by Gasteiger charge is 2.38. The smallest absolute Gasteiger partial charge is 0.326 e. The van der Waals surface area contributed by atoms with Crippen molar-refractivity contribution in [3.05, 3.63) is 28.8 Å². The molecule has 8 heteroatoms. The van der Waals surface area contributed by atoms with Crippen molar-refractivity contribution in [3.63, 3.8) is 0 Å². The Balaban J connectivity index is 2.17. The number of carbonyl (C=O) groups excluding carboxylic acids is 2. The first kappa shape index (κ1) is 22.0. The van der Waals surface area contributed by atoms with Crippen molar-refractivity contribution in [2.75, 3.05) is 6.54 Å². The molecule has 0 spiro atoms. The van der Waals surface area contributed by atoms with Gasteiger partial charge in [0, 0.05) is 6.54 Å². The number of halogens is 1. The molecule has 0 bridgehead atoms. The summed E-state index contributed by atoms with van der Waals surface area (Å²) in [5, 5.41) is 12.3. The van der Waals surface area contributed by atoms with Gasteiger partial charge < -0.3 is 20.1 Å². The van der Waals surface area contributed by atoms with Crippen LogP contribution in [0.1, 0.15) is 50.9 Å². The number of hydrogen-bond acceptors (Lipinski definition) is 4. The summed E-state index contributed by atoms with van der Waals surface area (Å²) in [4.78, 5) is 38.4. The third-order valence-electron chi connectivity index (χ3n) is 4.60. The fourth-order valence-corrected chi connectivity index (χ4v) is 3.48. The number of aliphatic carboxylic acids is 1. The molecule has 28 heavy (non-hydrogen) atoms. The zero-order valence-corrected chi connectivity index (χ0v) is 17.3. The van der Waals surface area contributed by atoms with Crippen LogP contribution in [-0.2, 0) is 9.59 Å². The molecule has 2 atom stereocenters. The van der Waals surface area contributed by atoms with Crippen molar-refractivity contribution in [1.29, 1.82) is 0 Å².